The van der Waals surface area contributed by atoms with Crippen molar-refractivity contribution >= 4 is 0 Å². The zero-order valence-electron chi connectivity index (χ0n) is 14.0. The summed E-state index contributed by atoms with van der Waals surface area (Å²) in [5.41, 5.74) is 11.0. The molecule has 1 aliphatic carbocycles. The van der Waals surface area contributed by atoms with Crippen molar-refractivity contribution in [2.24, 2.45) is 7.05 Å². The predicted octanol–water partition coefficient (Wildman–Crippen LogP) is 3.46. The molecule has 2 aromatic heterocycles. The van der Waals surface area contributed by atoms with Crippen molar-refractivity contribution in [3.8, 4) is 22.5 Å². The molecule has 23 heavy (non-hydrogen) atoms. The van der Waals surface area contributed by atoms with E-state index in [0.717, 1.165) is 17.8 Å². The molecule has 114 valence electrons. The lowest BCUT2D eigenvalue weighted by Gasteiger charge is -2.10. The average Bonchev–Trinajstić information content (AvgIpc) is 2.91. The molecular formula is C20H20N3+. The first-order valence-electron chi connectivity index (χ1n) is 7.96. The number of aromatic nitrogens is 3. The average molecular weight is 302 g/mol. The molecule has 0 N–H and O–H groups in total. The minimum absolute atomic E-state index is 0.854. The predicted molar refractivity (Wildman–Crippen MR) is 91.1 cm³/mol. The quantitative estimate of drug-likeness (QED) is 0.504. The molecule has 0 aliphatic heterocycles. The van der Waals surface area contributed by atoms with Crippen molar-refractivity contribution in [1.29, 1.82) is 0 Å². The van der Waals surface area contributed by atoms with Crippen molar-refractivity contribution in [2.75, 3.05) is 0 Å². The fourth-order valence-electron chi connectivity index (χ4n) is 3.53. The van der Waals surface area contributed by atoms with Crippen LogP contribution in [0.5, 0.6) is 0 Å². The van der Waals surface area contributed by atoms with E-state index in [1.165, 1.54) is 39.2 Å². The van der Waals surface area contributed by atoms with Gasteiger partial charge in [0.15, 0.2) is 0 Å². The van der Waals surface area contributed by atoms with Crippen molar-refractivity contribution < 1.29 is 4.57 Å². The molecular weight excluding hydrogens is 282 g/mol. The number of hydrogen-bond acceptors (Lipinski definition) is 2. The molecule has 4 rings (SSSR count). The number of rotatable bonds is 1. The number of benzene rings is 1. The maximum atomic E-state index is 4.78. The van der Waals surface area contributed by atoms with E-state index < -0.39 is 0 Å². The number of pyridine rings is 1. The van der Waals surface area contributed by atoms with Gasteiger partial charge in [0, 0.05) is 11.8 Å². The normalized spacial score (nSPS) is 12.2. The van der Waals surface area contributed by atoms with Gasteiger partial charge in [-0.2, -0.15) is 4.57 Å². The van der Waals surface area contributed by atoms with Crippen LogP contribution in [0.2, 0.25) is 0 Å². The third kappa shape index (κ3) is 2.07. The summed E-state index contributed by atoms with van der Waals surface area (Å²) in [4.78, 5) is 9.29. The van der Waals surface area contributed by atoms with Gasteiger partial charge in [0.05, 0.1) is 17.7 Å². The van der Waals surface area contributed by atoms with Crippen LogP contribution in [0.15, 0.2) is 36.7 Å². The van der Waals surface area contributed by atoms with Crippen LogP contribution in [0.3, 0.4) is 0 Å². The number of aryl methyl sites for hydroxylation is 2. The molecule has 0 fully saturated rings. The zero-order chi connectivity index (χ0) is 16.1. The molecule has 0 unspecified atom stereocenters. The van der Waals surface area contributed by atoms with Crippen molar-refractivity contribution in [2.45, 2.75) is 27.2 Å². The highest BCUT2D eigenvalue weighted by atomic mass is 15.0. The van der Waals surface area contributed by atoms with Crippen molar-refractivity contribution in [3.05, 3.63) is 64.7 Å². The highest BCUT2D eigenvalue weighted by Gasteiger charge is 2.30. The summed E-state index contributed by atoms with van der Waals surface area (Å²) < 4.78 is 2.28. The van der Waals surface area contributed by atoms with E-state index in [-0.39, 0.29) is 0 Å². The summed E-state index contributed by atoms with van der Waals surface area (Å²) >= 11 is 0. The maximum Gasteiger partial charge on any atom is 0.231 e. The fraction of sp³-hybridized carbons (Fsp3) is 0.250. The molecule has 0 spiro atoms. The summed E-state index contributed by atoms with van der Waals surface area (Å²) in [5.74, 6) is 0. The molecule has 0 saturated carbocycles. The van der Waals surface area contributed by atoms with E-state index in [2.05, 4.69) is 55.6 Å². The van der Waals surface area contributed by atoms with Crippen molar-refractivity contribution in [1.82, 2.24) is 9.97 Å². The fourth-order valence-corrected chi connectivity index (χ4v) is 3.53. The Morgan fingerprint density at radius 1 is 1.04 bits per heavy atom. The van der Waals surface area contributed by atoms with Gasteiger partial charge in [0.1, 0.15) is 18.9 Å². The first-order valence-corrected chi connectivity index (χ1v) is 7.96. The lowest BCUT2D eigenvalue weighted by atomic mass is 9.98. The van der Waals surface area contributed by atoms with Gasteiger partial charge in [0.2, 0.25) is 11.4 Å². The molecule has 3 heteroatoms. The van der Waals surface area contributed by atoms with Gasteiger partial charge in [-0.1, -0.05) is 11.6 Å². The van der Waals surface area contributed by atoms with Crippen LogP contribution < -0.4 is 4.57 Å². The number of nitrogens with zero attached hydrogens (tertiary/aromatic N) is 3. The van der Waals surface area contributed by atoms with E-state index in [0.29, 0.717) is 0 Å². The van der Waals surface area contributed by atoms with Gasteiger partial charge in [-0.15, -0.1) is 0 Å². The second-order valence-electron chi connectivity index (χ2n) is 6.43. The van der Waals surface area contributed by atoms with Crippen LogP contribution in [-0.2, 0) is 13.5 Å². The molecule has 0 bridgehead atoms. The Kier molecular flexibility index (Phi) is 3.05. The third-order valence-corrected chi connectivity index (χ3v) is 4.92. The van der Waals surface area contributed by atoms with Crippen LogP contribution in [0.4, 0.5) is 0 Å². The lowest BCUT2D eigenvalue weighted by Crippen LogP contribution is -2.36. The highest BCUT2D eigenvalue weighted by molar-refractivity contribution is 5.71. The van der Waals surface area contributed by atoms with Crippen LogP contribution in [0, 0.1) is 20.8 Å². The molecule has 0 atom stereocenters. The molecule has 0 amide bonds. The topological polar surface area (TPSA) is 29.7 Å². The summed E-state index contributed by atoms with van der Waals surface area (Å²) in [6, 6.07) is 8.59. The molecule has 0 radical (unpaired) electrons. The summed E-state index contributed by atoms with van der Waals surface area (Å²) in [6.45, 7) is 6.51. The van der Waals surface area contributed by atoms with Crippen LogP contribution in [-0.4, -0.2) is 9.97 Å². The van der Waals surface area contributed by atoms with E-state index in [1.807, 2.05) is 18.5 Å². The Bertz CT molecular complexity index is 942. The van der Waals surface area contributed by atoms with E-state index in [9.17, 15) is 0 Å². The molecule has 2 heterocycles. The Hall–Kier alpha value is -2.55. The van der Waals surface area contributed by atoms with Gasteiger partial charge < -0.3 is 0 Å². The standard InChI is InChI=1S/C20H20N3/c1-12-8-13(2)14(3)16(9-12)19-11-22-20-15-6-5-7-21-17(15)10-18(20)23(19)4/h5-9,11H,10H2,1-4H3/q+1. The molecule has 1 aromatic carbocycles. The SMILES string of the molecule is Cc1cc(C)c(C)c(-c2cnc3c([n+]2C)Cc2ncccc2-3)c1. The smallest absolute Gasteiger partial charge is 0.231 e. The van der Waals surface area contributed by atoms with Gasteiger partial charge in [0.25, 0.3) is 0 Å². The lowest BCUT2D eigenvalue weighted by molar-refractivity contribution is -0.667. The minimum atomic E-state index is 0.854. The second kappa shape index (κ2) is 4.98. The Balaban J connectivity index is 1.93. The van der Waals surface area contributed by atoms with E-state index in [4.69, 9.17) is 4.98 Å². The second-order valence-corrected chi connectivity index (χ2v) is 6.43. The van der Waals surface area contributed by atoms with Gasteiger partial charge >= 0.3 is 0 Å². The minimum Gasteiger partial charge on any atom is -0.260 e. The highest BCUT2D eigenvalue weighted by Crippen LogP contribution is 2.33. The summed E-state index contributed by atoms with van der Waals surface area (Å²) in [7, 11) is 2.14. The summed E-state index contributed by atoms with van der Waals surface area (Å²) in [5, 5.41) is 0. The maximum absolute atomic E-state index is 4.78. The molecule has 1 aliphatic rings. The van der Waals surface area contributed by atoms with Crippen molar-refractivity contribution in [3.63, 3.8) is 0 Å². The monoisotopic (exact) mass is 302 g/mol. The number of hydrogen-bond donors (Lipinski definition) is 0. The first kappa shape index (κ1) is 14.1. The number of fused-ring (bicyclic) bond motifs is 3. The Labute approximate surface area is 136 Å². The van der Waals surface area contributed by atoms with Gasteiger partial charge in [-0.25, -0.2) is 4.98 Å². The molecule has 0 saturated heterocycles. The molecule has 3 nitrogen and oxygen atoms in total. The Morgan fingerprint density at radius 3 is 2.70 bits per heavy atom. The zero-order valence-corrected chi connectivity index (χ0v) is 14.0. The van der Waals surface area contributed by atoms with Crippen LogP contribution >= 0.6 is 0 Å². The molecule has 3 aromatic rings. The van der Waals surface area contributed by atoms with Crippen LogP contribution in [0.1, 0.15) is 28.1 Å². The summed E-state index contributed by atoms with van der Waals surface area (Å²) in [6.07, 6.45) is 4.72. The van der Waals surface area contributed by atoms with Crippen LogP contribution in [0.25, 0.3) is 22.5 Å². The third-order valence-electron chi connectivity index (χ3n) is 4.92. The van der Waals surface area contributed by atoms with E-state index in [1.54, 1.807) is 0 Å². The Morgan fingerprint density at radius 2 is 1.87 bits per heavy atom. The first-order chi connectivity index (χ1) is 11.1. The largest absolute Gasteiger partial charge is 0.260 e. The van der Waals surface area contributed by atoms with Gasteiger partial charge in [-0.05, 0) is 50.1 Å². The van der Waals surface area contributed by atoms with E-state index >= 15 is 0 Å². The van der Waals surface area contributed by atoms with Gasteiger partial charge in [-0.3, -0.25) is 4.98 Å².